The van der Waals surface area contributed by atoms with Crippen molar-refractivity contribution in [2.45, 2.75) is 13.5 Å². The zero-order valence-electron chi connectivity index (χ0n) is 10.4. The topological polar surface area (TPSA) is 62.2 Å². The minimum absolute atomic E-state index is 0.340. The molecule has 0 radical (unpaired) electrons. The second-order valence-corrected chi connectivity index (χ2v) is 4.16. The quantitative estimate of drug-likeness (QED) is 0.887. The third-order valence-corrected chi connectivity index (χ3v) is 2.83. The highest BCUT2D eigenvalue weighted by atomic mass is 19.1. The predicted octanol–water partition coefficient (Wildman–Crippen LogP) is 2.84. The Morgan fingerprint density at radius 2 is 2.21 bits per heavy atom. The van der Waals surface area contributed by atoms with Crippen molar-refractivity contribution in [1.82, 2.24) is 4.98 Å². The van der Waals surface area contributed by atoms with Crippen LogP contribution in [0.5, 0.6) is 0 Å². The fourth-order valence-corrected chi connectivity index (χ4v) is 1.68. The lowest BCUT2D eigenvalue weighted by Gasteiger charge is -2.09. The Hall–Kier alpha value is -2.43. The first-order valence-corrected chi connectivity index (χ1v) is 5.74. The van der Waals surface area contributed by atoms with Gasteiger partial charge in [0, 0.05) is 24.6 Å². The molecule has 1 aromatic heterocycles. The van der Waals surface area contributed by atoms with Crippen LogP contribution in [0.25, 0.3) is 0 Å². The molecule has 2 rings (SSSR count). The molecule has 0 saturated heterocycles. The molecule has 0 fully saturated rings. The van der Waals surface area contributed by atoms with Gasteiger partial charge in [0.1, 0.15) is 5.82 Å². The molecule has 98 valence electrons. The van der Waals surface area contributed by atoms with Crippen molar-refractivity contribution in [1.29, 1.82) is 0 Å². The van der Waals surface area contributed by atoms with E-state index in [0.29, 0.717) is 12.2 Å². The minimum atomic E-state index is -1.28. The summed E-state index contributed by atoms with van der Waals surface area (Å²) in [5.41, 5.74) is 2.31. The van der Waals surface area contributed by atoms with E-state index in [1.807, 2.05) is 13.0 Å². The molecule has 4 nitrogen and oxygen atoms in total. The highest BCUT2D eigenvalue weighted by Crippen LogP contribution is 2.16. The summed E-state index contributed by atoms with van der Waals surface area (Å²) in [5.74, 6) is -2.02. The molecule has 0 bridgehead atoms. The molecular formula is C14H13FN2O2. The summed E-state index contributed by atoms with van der Waals surface area (Å²) in [7, 11) is 0. The maximum absolute atomic E-state index is 13.2. The molecule has 0 unspecified atom stereocenters. The number of nitrogens with zero attached hydrogens (tertiary/aromatic N) is 1. The van der Waals surface area contributed by atoms with Gasteiger partial charge in [0.2, 0.25) is 0 Å². The number of rotatable bonds is 4. The molecule has 0 spiro atoms. The van der Waals surface area contributed by atoms with Gasteiger partial charge in [-0.2, -0.15) is 0 Å². The summed E-state index contributed by atoms with van der Waals surface area (Å²) < 4.78 is 13.2. The predicted molar refractivity (Wildman–Crippen MR) is 69.7 cm³/mol. The normalized spacial score (nSPS) is 10.2. The van der Waals surface area contributed by atoms with Crippen LogP contribution >= 0.6 is 0 Å². The van der Waals surface area contributed by atoms with Crippen molar-refractivity contribution in [3.63, 3.8) is 0 Å². The lowest BCUT2D eigenvalue weighted by molar-refractivity contribution is 0.0692. The summed E-state index contributed by atoms with van der Waals surface area (Å²) >= 11 is 0. The van der Waals surface area contributed by atoms with Gasteiger partial charge in [-0.15, -0.1) is 0 Å². The number of carbonyl (C=O) groups is 1. The maximum atomic E-state index is 13.2. The van der Waals surface area contributed by atoms with Gasteiger partial charge in [-0.3, -0.25) is 4.98 Å². The first-order chi connectivity index (χ1) is 9.08. The van der Waals surface area contributed by atoms with E-state index >= 15 is 0 Å². The lowest BCUT2D eigenvalue weighted by Crippen LogP contribution is -2.05. The number of hydrogen-bond acceptors (Lipinski definition) is 3. The third kappa shape index (κ3) is 3.07. The number of halogens is 1. The van der Waals surface area contributed by atoms with Crippen LogP contribution in [0, 0.1) is 12.7 Å². The summed E-state index contributed by atoms with van der Waals surface area (Å²) in [4.78, 5) is 14.8. The van der Waals surface area contributed by atoms with E-state index in [9.17, 15) is 9.18 Å². The van der Waals surface area contributed by atoms with Crippen molar-refractivity contribution in [3.05, 3.63) is 59.2 Å². The van der Waals surface area contributed by atoms with Gasteiger partial charge in [0.25, 0.3) is 0 Å². The van der Waals surface area contributed by atoms with E-state index in [-0.39, 0.29) is 5.56 Å². The van der Waals surface area contributed by atoms with E-state index in [4.69, 9.17) is 5.11 Å². The number of aromatic nitrogens is 1. The van der Waals surface area contributed by atoms with E-state index < -0.39 is 11.8 Å². The molecule has 0 saturated carbocycles. The van der Waals surface area contributed by atoms with Crippen LogP contribution in [0.3, 0.4) is 0 Å². The number of anilines is 1. The van der Waals surface area contributed by atoms with Crippen LogP contribution in [0.1, 0.15) is 21.5 Å². The monoisotopic (exact) mass is 260 g/mol. The summed E-state index contributed by atoms with van der Waals surface area (Å²) in [6.07, 6.45) is 3.45. The molecular weight excluding hydrogens is 247 g/mol. The molecule has 0 aliphatic carbocycles. The number of aromatic carboxylic acids is 1. The highest BCUT2D eigenvalue weighted by Gasteiger charge is 2.10. The van der Waals surface area contributed by atoms with Crippen molar-refractivity contribution in [3.8, 4) is 0 Å². The number of hydrogen-bond donors (Lipinski definition) is 2. The second-order valence-electron chi connectivity index (χ2n) is 4.16. The SMILES string of the molecule is Cc1ccncc1CNc1ccc(F)c(C(=O)O)c1. The Bertz CT molecular complexity index is 614. The first kappa shape index (κ1) is 13.0. The van der Waals surface area contributed by atoms with Crippen molar-refractivity contribution in [2.75, 3.05) is 5.32 Å². The molecule has 19 heavy (non-hydrogen) atoms. The molecule has 1 heterocycles. The zero-order chi connectivity index (χ0) is 13.8. The Labute approximate surface area is 109 Å². The average Bonchev–Trinajstić information content (AvgIpc) is 2.39. The fourth-order valence-electron chi connectivity index (χ4n) is 1.68. The van der Waals surface area contributed by atoms with Crippen LogP contribution in [-0.4, -0.2) is 16.1 Å². The van der Waals surface area contributed by atoms with Crippen molar-refractivity contribution >= 4 is 11.7 Å². The Kier molecular flexibility index (Phi) is 3.75. The molecule has 0 atom stereocenters. The summed E-state index contributed by atoms with van der Waals surface area (Å²) in [6, 6.07) is 5.82. The van der Waals surface area contributed by atoms with Crippen LogP contribution in [-0.2, 0) is 6.54 Å². The third-order valence-electron chi connectivity index (χ3n) is 2.83. The van der Waals surface area contributed by atoms with Crippen LogP contribution in [0.4, 0.5) is 10.1 Å². The van der Waals surface area contributed by atoms with E-state index in [2.05, 4.69) is 10.3 Å². The van der Waals surface area contributed by atoms with Gasteiger partial charge >= 0.3 is 5.97 Å². The highest BCUT2D eigenvalue weighted by molar-refractivity contribution is 5.89. The molecule has 0 aliphatic heterocycles. The molecule has 5 heteroatoms. The Morgan fingerprint density at radius 1 is 1.42 bits per heavy atom. The summed E-state index contributed by atoms with van der Waals surface area (Å²) in [5, 5.41) is 11.9. The molecule has 1 aromatic carbocycles. The number of benzene rings is 1. The second kappa shape index (κ2) is 5.48. The van der Waals surface area contributed by atoms with Gasteiger partial charge in [-0.05, 0) is 42.3 Å². The molecule has 2 N–H and O–H groups in total. The van der Waals surface area contributed by atoms with E-state index in [1.165, 1.54) is 12.1 Å². The fraction of sp³-hybridized carbons (Fsp3) is 0.143. The largest absolute Gasteiger partial charge is 0.478 e. The van der Waals surface area contributed by atoms with Crippen molar-refractivity contribution < 1.29 is 14.3 Å². The molecule has 2 aromatic rings. The number of carboxylic acids is 1. The van der Waals surface area contributed by atoms with Gasteiger partial charge in [0.15, 0.2) is 0 Å². The Balaban J connectivity index is 2.14. The number of nitrogens with one attached hydrogen (secondary N) is 1. The smallest absolute Gasteiger partial charge is 0.338 e. The number of aryl methyl sites for hydroxylation is 1. The summed E-state index contributed by atoms with van der Waals surface area (Å²) in [6.45, 7) is 2.47. The van der Waals surface area contributed by atoms with E-state index in [0.717, 1.165) is 17.2 Å². The standard InChI is InChI=1S/C14H13FN2O2/c1-9-4-5-16-7-10(9)8-17-11-2-3-13(15)12(6-11)14(18)19/h2-7,17H,8H2,1H3,(H,18,19). The maximum Gasteiger partial charge on any atom is 0.338 e. The van der Waals surface area contributed by atoms with Gasteiger partial charge in [-0.25, -0.2) is 9.18 Å². The average molecular weight is 260 g/mol. The van der Waals surface area contributed by atoms with Gasteiger partial charge in [-0.1, -0.05) is 0 Å². The first-order valence-electron chi connectivity index (χ1n) is 5.74. The zero-order valence-corrected chi connectivity index (χ0v) is 10.4. The molecule has 0 aliphatic rings. The Morgan fingerprint density at radius 3 is 2.89 bits per heavy atom. The number of pyridine rings is 1. The number of carboxylic acid groups (broad SMARTS) is 1. The van der Waals surface area contributed by atoms with Gasteiger partial charge < -0.3 is 10.4 Å². The van der Waals surface area contributed by atoms with Crippen molar-refractivity contribution in [2.24, 2.45) is 0 Å². The van der Waals surface area contributed by atoms with Crippen LogP contribution < -0.4 is 5.32 Å². The molecule has 0 amide bonds. The lowest BCUT2D eigenvalue weighted by atomic mass is 10.1. The van der Waals surface area contributed by atoms with Crippen LogP contribution in [0.15, 0.2) is 36.7 Å². The minimum Gasteiger partial charge on any atom is -0.478 e. The van der Waals surface area contributed by atoms with Gasteiger partial charge in [0.05, 0.1) is 5.56 Å². The van der Waals surface area contributed by atoms with E-state index in [1.54, 1.807) is 12.4 Å². The van der Waals surface area contributed by atoms with Crippen LogP contribution in [0.2, 0.25) is 0 Å².